The summed E-state index contributed by atoms with van der Waals surface area (Å²) < 4.78 is 1.95. The summed E-state index contributed by atoms with van der Waals surface area (Å²) in [5.41, 5.74) is 1.19. The number of nitrogens with one attached hydrogen (secondary N) is 1. The summed E-state index contributed by atoms with van der Waals surface area (Å²) in [6.07, 6.45) is 5.65. The first-order valence-electron chi connectivity index (χ1n) is 6.65. The second-order valence-corrected chi connectivity index (χ2v) is 5.08. The van der Waals surface area contributed by atoms with E-state index < -0.39 is 0 Å². The predicted molar refractivity (Wildman–Crippen MR) is 70.2 cm³/mol. The first-order chi connectivity index (χ1) is 8.65. The minimum atomic E-state index is 0.298. The molecule has 1 aliphatic rings. The highest BCUT2D eigenvalue weighted by atomic mass is 16.2. The summed E-state index contributed by atoms with van der Waals surface area (Å²) in [7, 11) is 0. The average molecular weight is 250 g/mol. The number of amides is 1. The van der Waals surface area contributed by atoms with Gasteiger partial charge in [0.25, 0.3) is 0 Å². The lowest BCUT2D eigenvalue weighted by Crippen LogP contribution is -2.38. The average Bonchev–Trinajstić information content (AvgIpc) is 2.89. The molecule has 1 amide bonds. The molecule has 5 nitrogen and oxygen atoms in total. The largest absolute Gasteiger partial charge is 0.341 e. The third kappa shape index (κ3) is 3.57. The molecule has 1 aromatic heterocycles. The SMILES string of the molecule is Cc1cnn(C[C@@H](C)NCCN2CCCC2=O)c1. The van der Waals surface area contributed by atoms with E-state index >= 15 is 0 Å². The summed E-state index contributed by atoms with van der Waals surface area (Å²) in [6, 6.07) is 0.363. The molecule has 0 aromatic carbocycles. The van der Waals surface area contributed by atoms with Gasteiger partial charge in [0, 0.05) is 38.3 Å². The van der Waals surface area contributed by atoms with Gasteiger partial charge in [0.1, 0.15) is 0 Å². The third-order valence-electron chi connectivity index (χ3n) is 3.27. The molecule has 1 saturated heterocycles. The monoisotopic (exact) mass is 250 g/mol. The van der Waals surface area contributed by atoms with Gasteiger partial charge in [-0.15, -0.1) is 0 Å². The van der Waals surface area contributed by atoms with Crippen LogP contribution in [-0.2, 0) is 11.3 Å². The highest BCUT2D eigenvalue weighted by molar-refractivity contribution is 5.78. The minimum absolute atomic E-state index is 0.298. The molecule has 18 heavy (non-hydrogen) atoms. The first-order valence-corrected chi connectivity index (χ1v) is 6.65. The van der Waals surface area contributed by atoms with Crippen molar-refractivity contribution in [1.82, 2.24) is 20.0 Å². The van der Waals surface area contributed by atoms with E-state index in [4.69, 9.17) is 0 Å². The number of aromatic nitrogens is 2. The maximum atomic E-state index is 11.4. The van der Waals surface area contributed by atoms with Crippen LogP contribution in [0.25, 0.3) is 0 Å². The molecule has 1 aliphatic heterocycles. The molecule has 1 N–H and O–H groups in total. The Kier molecular flexibility index (Phi) is 4.36. The summed E-state index contributed by atoms with van der Waals surface area (Å²) in [4.78, 5) is 13.4. The molecule has 0 aliphatic carbocycles. The lowest BCUT2D eigenvalue weighted by atomic mass is 10.3. The molecular weight excluding hydrogens is 228 g/mol. The summed E-state index contributed by atoms with van der Waals surface area (Å²) in [6.45, 7) is 7.65. The number of carbonyl (C=O) groups excluding carboxylic acids is 1. The molecule has 100 valence electrons. The van der Waals surface area contributed by atoms with Crippen LogP contribution >= 0.6 is 0 Å². The molecule has 1 fully saturated rings. The molecule has 0 spiro atoms. The molecule has 5 heteroatoms. The zero-order valence-corrected chi connectivity index (χ0v) is 11.2. The molecule has 1 atom stereocenters. The van der Waals surface area contributed by atoms with Gasteiger partial charge >= 0.3 is 0 Å². The van der Waals surface area contributed by atoms with Crippen LogP contribution in [0.4, 0.5) is 0 Å². The Labute approximate surface area is 108 Å². The Morgan fingerprint density at radius 3 is 3.00 bits per heavy atom. The van der Waals surface area contributed by atoms with Gasteiger partial charge in [-0.1, -0.05) is 0 Å². The maximum Gasteiger partial charge on any atom is 0.222 e. The summed E-state index contributed by atoms with van der Waals surface area (Å²) in [5.74, 6) is 0.298. The van der Waals surface area contributed by atoms with Gasteiger partial charge in [0.05, 0.1) is 12.7 Å². The van der Waals surface area contributed by atoms with Crippen LogP contribution in [0.2, 0.25) is 0 Å². The molecule has 1 aromatic rings. The van der Waals surface area contributed by atoms with Crippen molar-refractivity contribution in [2.45, 2.75) is 39.3 Å². The number of rotatable bonds is 6. The van der Waals surface area contributed by atoms with Crippen molar-refractivity contribution in [2.75, 3.05) is 19.6 Å². The van der Waals surface area contributed by atoms with Crippen molar-refractivity contribution in [3.63, 3.8) is 0 Å². The van der Waals surface area contributed by atoms with Crippen molar-refractivity contribution in [2.24, 2.45) is 0 Å². The fourth-order valence-corrected chi connectivity index (χ4v) is 2.30. The molecule has 0 unspecified atom stereocenters. The zero-order valence-electron chi connectivity index (χ0n) is 11.2. The van der Waals surface area contributed by atoms with Crippen LogP contribution < -0.4 is 5.32 Å². The standard InChI is InChI=1S/C13H22N4O/c1-11-8-15-17(9-11)10-12(2)14-5-7-16-6-3-4-13(16)18/h8-9,12,14H,3-7,10H2,1-2H3/t12-/m1/s1. The topological polar surface area (TPSA) is 50.2 Å². The van der Waals surface area contributed by atoms with Gasteiger partial charge in [-0.05, 0) is 25.8 Å². The lowest BCUT2D eigenvalue weighted by Gasteiger charge is -2.18. The Morgan fingerprint density at radius 2 is 2.39 bits per heavy atom. The number of aryl methyl sites for hydroxylation is 1. The fourth-order valence-electron chi connectivity index (χ4n) is 2.30. The van der Waals surface area contributed by atoms with Crippen LogP contribution in [0.1, 0.15) is 25.3 Å². The van der Waals surface area contributed by atoms with Crippen LogP contribution in [0, 0.1) is 6.92 Å². The Morgan fingerprint density at radius 1 is 1.56 bits per heavy atom. The Balaban J connectivity index is 1.65. The second kappa shape index (κ2) is 6.00. The van der Waals surface area contributed by atoms with Gasteiger partial charge in [0.15, 0.2) is 0 Å². The molecule has 2 rings (SSSR count). The number of carbonyl (C=O) groups is 1. The van der Waals surface area contributed by atoms with E-state index in [1.165, 1.54) is 5.56 Å². The summed E-state index contributed by atoms with van der Waals surface area (Å²) in [5, 5.41) is 7.70. The van der Waals surface area contributed by atoms with E-state index in [0.717, 1.165) is 39.0 Å². The van der Waals surface area contributed by atoms with Crippen LogP contribution in [-0.4, -0.2) is 46.3 Å². The highest BCUT2D eigenvalue weighted by Gasteiger charge is 2.19. The molecule has 2 heterocycles. The predicted octanol–water partition coefficient (Wildman–Crippen LogP) is 0.792. The fraction of sp³-hybridized carbons (Fsp3) is 0.692. The van der Waals surface area contributed by atoms with Crippen molar-refractivity contribution in [3.05, 3.63) is 18.0 Å². The van der Waals surface area contributed by atoms with E-state index in [9.17, 15) is 4.79 Å². The summed E-state index contributed by atoms with van der Waals surface area (Å²) >= 11 is 0. The quantitative estimate of drug-likeness (QED) is 0.812. The minimum Gasteiger partial charge on any atom is -0.341 e. The number of nitrogens with zero attached hydrogens (tertiary/aromatic N) is 3. The normalized spacial score (nSPS) is 17.4. The van der Waals surface area contributed by atoms with E-state index in [1.54, 1.807) is 0 Å². The first kappa shape index (κ1) is 13.1. The zero-order chi connectivity index (χ0) is 13.0. The third-order valence-corrected chi connectivity index (χ3v) is 3.27. The number of hydrogen-bond donors (Lipinski definition) is 1. The Hall–Kier alpha value is -1.36. The van der Waals surface area contributed by atoms with Crippen molar-refractivity contribution >= 4 is 5.91 Å². The van der Waals surface area contributed by atoms with Crippen molar-refractivity contribution in [3.8, 4) is 0 Å². The number of likely N-dealkylation sites (tertiary alicyclic amines) is 1. The lowest BCUT2D eigenvalue weighted by molar-refractivity contribution is -0.127. The van der Waals surface area contributed by atoms with Crippen LogP contribution in [0.3, 0.4) is 0 Å². The van der Waals surface area contributed by atoms with E-state index in [0.29, 0.717) is 11.9 Å². The Bertz CT molecular complexity index is 401. The van der Waals surface area contributed by atoms with Crippen molar-refractivity contribution < 1.29 is 4.79 Å². The smallest absolute Gasteiger partial charge is 0.222 e. The van der Waals surface area contributed by atoms with E-state index in [2.05, 4.69) is 17.3 Å². The molecule has 0 radical (unpaired) electrons. The maximum absolute atomic E-state index is 11.4. The van der Waals surface area contributed by atoms with Gasteiger partial charge in [0.2, 0.25) is 5.91 Å². The van der Waals surface area contributed by atoms with Gasteiger partial charge < -0.3 is 10.2 Å². The van der Waals surface area contributed by atoms with E-state index in [1.807, 2.05) is 28.9 Å². The molecule has 0 saturated carbocycles. The van der Waals surface area contributed by atoms with Gasteiger partial charge in [-0.2, -0.15) is 5.10 Å². The van der Waals surface area contributed by atoms with Crippen LogP contribution in [0.5, 0.6) is 0 Å². The molecular formula is C13H22N4O. The van der Waals surface area contributed by atoms with Gasteiger partial charge in [-0.3, -0.25) is 9.48 Å². The molecule has 0 bridgehead atoms. The second-order valence-electron chi connectivity index (χ2n) is 5.08. The van der Waals surface area contributed by atoms with E-state index in [-0.39, 0.29) is 0 Å². The van der Waals surface area contributed by atoms with Crippen LogP contribution in [0.15, 0.2) is 12.4 Å². The van der Waals surface area contributed by atoms with Gasteiger partial charge in [-0.25, -0.2) is 0 Å². The number of hydrogen-bond acceptors (Lipinski definition) is 3. The highest BCUT2D eigenvalue weighted by Crippen LogP contribution is 2.08. The van der Waals surface area contributed by atoms with Crippen molar-refractivity contribution in [1.29, 1.82) is 0 Å².